The van der Waals surface area contributed by atoms with Crippen LogP contribution >= 0.6 is 0 Å². The molecule has 1 atom stereocenters. The summed E-state index contributed by atoms with van der Waals surface area (Å²) in [5, 5.41) is 11.6. The number of nitrogens with zero attached hydrogens (tertiary/aromatic N) is 2. The molecule has 4 aromatic rings. The van der Waals surface area contributed by atoms with Gasteiger partial charge in [-0.3, -0.25) is 9.59 Å². The van der Waals surface area contributed by atoms with Gasteiger partial charge in [0.25, 0.3) is 11.7 Å². The van der Waals surface area contributed by atoms with E-state index >= 15 is 0 Å². The zero-order valence-electron chi connectivity index (χ0n) is 25.4. The first-order valence-electron chi connectivity index (χ1n) is 15.0. The van der Waals surface area contributed by atoms with Gasteiger partial charge >= 0.3 is 0 Å². The van der Waals surface area contributed by atoms with Gasteiger partial charge < -0.3 is 24.4 Å². The number of ether oxygens (including phenoxy) is 2. The zero-order chi connectivity index (χ0) is 31.1. The standard InChI is InChI=1S/C37H38N2O5/c1-4-38(5-2)21-22-39-34(29-13-10-16-32(24-29)44-31-14-7-6-8-15-31)33(36(41)37(39)42)35(40)28-17-19-30(20-18-28)43-25-27-12-9-11-26(3)23-27/h6-20,23-24,34,40H,4-5,21-22,25H2,1-3H3. The lowest BCUT2D eigenvalue weighted by Gasteiger charge is -2.28. The van der Waals surface area contributed by atoms with Crippen molar-refractivity contribution >= 4 is 17.4 Å². The number of amides is 1. The molecule has 1 saturated heterocycles. The van der Waals surface area contributed by atoms with Gasteiger partial charge in [-0.2, -0.15) is 0 Å². The summed E-state index contributed by atoms with van der Waals surface area (Å²) in [6.07, 6.45) is 0. The second kappa shape index (κ2) is 14.1. The molecule has 0 saturated carbocycles. The van der Waals surface area contributed by atoms with E-state index in [1.807, 2.05) is 79.7 Å². The number of rotatable bonds is 12. The van der Waals surface area contributed by atoms with Crippen LogP contribution in [0.2, 0.25) is 0 Å². The predicted octanol–water partition coefficient (Wildman–Crippen LogP) is 7.13. The molecule has 0 aliphatic carbocycles. The number of carbonyl (C=O) groups excluding carboxylic acids is 2. The van der Waals surface area contributed by atoms with E-state index in [0.717, 1.165) is 24.2 Å². The number of carbonyl (C=O) groups is 2. The van der Waals surface area contributed by atoms with Crippen LogP contribution in [-0.2, 0) is 16.2 Å². The molecule has 226 valence electrons. The Bertz CT molecular complexity index is 1630. The Balaban J connectivity index is 1.47. The molecule has 1 aliphatic rings. The van der Waals surface area contributed by atoms with Crippen molar-refractivity contribution in [1.82, 2.24) is 9.80 Å². The third kappa shape index (κ3) is 7.01. The summed E-state index contributed by atoms with van der Waals surface area (Å²) >= 11 is 0. The fraction of sp³-hybridized carbons (Fsp3) is 0.243. The number of para-hydroxylation sites is 1. The van der Waals surface area contributed by atoms with Crippen LogP contribution in [-0.4, -0.2) is 52.8 Å². The fourth-order valence-corrected chi connectivity index (χ4v) is 5.45. The molecular weight excluding hydrogens is 552 g/mol. The van der Waals surface area contributed by atoms with E-state index in [0.29, 0.717) is 48.1 Å². The highest BCUT2D eigenvalue weighted by molar-refractivity contribution is 6.46. The van der Waals surface area contributed by atoms with Crippen LogP contribution in [0.25, 0.3) is 5.76 Å². The van der Waals surface area contributed by atoms with Crippen LogP contribution in [0.5, 0.6) is 17.2 Å². The number of aliphatic hydroxyl groups excluding tert-OH is 1. The van der Waals surface area contributed by atoms with E-state index in [1.54, 1.807) is 29.2 Å². The lowest BCUT2D eigenvalue weighted by atomic mass is 9.95. The molecule has 1 fully saturated rings. The van der Waals surface area contributed by atoms with E-state index in [2.05, 4.69) is 24.8 Å². The van der Waals surface area contributed by atoms with Crippen LogP contribution in [0.3, 0.4) is 0 Å². The number of likely N-dealkylation sites (N-methyl/N-ethyl adjacent to an activating group) is 1. The average molecular weight is 591 g/mol. The monoisotopic (exact) mass is 590 g/mol. The molecule has 44 heavy (non-hydrogen) atoms. The van der Waals surface area contributed by atoms with Gasteiger partial charge in [0.1, 0.15) is 29.6 Å². The number of Topliss-reactive ketones (excluding diaryl/α,β-unsaturated/α-hetero) is 1. The van der Waals surface area contributed by atoms with Crippen LogP contribution in [0, 0.1) is 6.92 Å². The Kier molecular flexibility index (Phi) is 9.77. The number of benzene rings is 4. The summed E-state index contributed by atoms with van der Waals surface area (Å²) in [7, 11) is 0. The van der Waals surface area contributed by atoms with Crippen molar-refractivity contribution in [3.05, 3.63) is 131 Å². The molecule has 1 N–H and O–H groups in total. The van der Waals surface area contributed by atoms with E-state index in [4.69, 9.17) is 9.47 Å². The first kappa shape index (κ1) is 30.6. The van der Waals surface area contributed by atoms with Crippen LogP contribution in [0.4, 0.5) is 0 Å². The Morgan fingerprint density at radius 1 is 0.818 bits per heavy atom. The molecule has 1 unspecified atom stereocenters. The lowest BCUT2D eigenvalue weighted by Crippen LogP contribution is -2.38. The van der Waals surface area contributed by atoms with Crippen molar-refractivity contribution in [3.63, 3.8) is 0 Å². The Labute approximate surface area is 259 Å². The van der Waals surface area contributed by atoms with Gasteiger partial charge in [-0.05, 0) is 79.7 Å². The molecule has 0 aromatic heterocycles. The SMILES string of the molecule is CCN(CC)CCN1C(=O)C(=O)C(=C(O)c2ccc(OCc3cccc(C)c3)cc2)C1c1cccc(Oc2ccccc2)c1. The molecular formula is C37H38N2O5. The number of aliphatic hydroxyl groups is 1. The zero-order valence-corrected chi connectivity index (χ0v) is 25.4. The second-order valence-electron chi connectivity index (χ2n) is 10.8. The van der Waals surface area contributed by atoms with Crippen LogP contribution in [0.1, 0.15) is 42.1 Å². The molecule has 7 heteroatoms. The molecule has 0 bridgehead atoms. The van der Waals surface area contributed by atoms with E-state index in [1.165, 1.54) is 0 Å². The molecule has 0 radical (unpaired) electrons. The van der Waals surface area contributed by atoms with E-state index in [9.17, 15) is 14.7 Å². The molecule has 1 aliphatic heterocycles. The first-order chi connectivity index (χ1) is 21.4. The molecule has 1 heterocycles. The smallest absolute Gasteiger partial charge is 0.295 e. The van der Waals surface area contributed by atoms with Gasteiger partial charge in [-0.15, -0.1) is 0 Å². The van der Waals surface area contributed by atoms with Crippen molar-refractivity contribution in [1.29, 1.82) is 0 Å². The number of hydrogen-bond acceptors (Lipinski definition) is 6. The number of aryl methyl sites for hydroxylation is 1. The van der Waals surface area contributed by atoms with Gasteiger partial charge in [0.05, 0.1) is 11.6 Å². The van der Waals surface area contributed by atoms with Crippen LogP contribution < -0.4 is 9.47 Å². The highest BCUT2D eigenvalue weighted by Gasteiger charge is 2.46. The Morgan fingerprint density at radius 3 is 2.23 bits per heavy atom. The Morgan fingerprint density at radius 2 is 1.52 bits per heavy atom. The minimum Gasteiger partial charge on any atom is -0.507 e. The number of likely N-dealkylation sites (tertiary alicyclic amines) is 1. The fourth-order valence-electron chi connectivity index (χ4n) is 5.45. The summed E-state index contributed by atoms with van der Waals surface area (Å²) in [4.78, 5) is 30.8. The second-order valence-corrected chi connectivity index (χ2v) is 10.8. The van der Waals surface area contributed by atoms with Gasteiger partial charge in [0, 0.05) is 18.7 Å². The number of hydrogen-bond donors (Lipinski definition) is 1. The molecule has 4 aromatic carbocycles. The average Bonchev–Trinajstić information content (AvgIpc) is 3.30. The van der Waals surface area contributed by atoms with Gasteiger partial charge in [-0.25, -0.2) is 0 Å². The maximum absolute atomic E-state index is 13.5. The molecule has 5 rings (SSSR count). The molecule has 0 spiro atoms. The summed E-state index contributed by atoms with van der Waals surface area (Å²) in [6.45, 7) is 9.16. The topological polar surface area (TPSA) is 79.3 Å². The third-order valence-corrected chi connectivity index (χ3v) is 7.86. The first-order valence-corrected chi connectivity index (χ1v) is 15.0. The summed E-state index contributed by atoms with van der Waals surface area (Å²) < 4.78 is 12.0. The quantitative estimate of drug-likeness (QED) is 0.107. The Hall–Kier alpha value is -4.88. The van der Waals surface area contributed by atoms with E-state index in [-0.39, 0.29) is 11.3 Å². The van der Waals surface area contributed by atoms with Gasteiger partial charge in [0.15, 0.2) is 0 Å². The number of ketones is 1. The van der Waals surface area contributed by atoms with Crippen molar-refractivity contribution in [2.75, 3.05) is 26.2 Å². The summed E-state index contributed by atoms with van der Waals surface area (Å²) in [5.74, 6) is 0.309. The van der Waals surface area contributed by atoms with Crippen molar-refractivity contribution < 1.29 is 24.2 Å². The maximum Gasteiger partial charge on any atom is 0.295 e. The summed E-state index contributed by atoms with van der Waals surface area (Å²) in [6, 6.07) is 31.0. The molecule has 1 amide bonds. The van der Waals surface area contributed by atoms with Gasteiger partial charge in [-0.1, -0.05) is 74.0 Å². The third-order valence-electron chi connectivity index (χ3n) is 7.86. The molecule has 7 nitrogen and oxygen atoms in total. The lowest BCUT2D eigenvalue weighted by molar-refractivity contribution is -0.140. The van der Waals surface area contributed by atoms with Crippen molar-refractivity contribution in [3.8, 4) is 17.2 Å². The largest absolute Gasteiger partial charge is 0.507 e. The minimum atomic E-state index is -0.776. The van der Waals surface area contributed by atoms with Gasteiger partial charge in [0.2, 0.25) is 0 Å². The van der Waals surface area contributed by atoms with Crippen molar-refractivity contribution in [2.24, 2.45) is 0 Å². The van der Waals surface area contributed by atoms with Crippen LogP contribution in [0.15, 0.2) is 109 Å². The van der Waals surface area contributed by atoms with Crippen molar-refractivity contribution in [2.45, 2.75) is 33.4 Å². The highest BCUT2D eigenvalue weighted by atomic mass is 16.5. The summed E-state index contributed by atoms with van der Waals surface area (Å²) in [5.41, 5.74) is 3.37. The minimum absolute atomic E-state index is 0.0554. The predicted molar refractivity (Wildman–Crippen MR) is 172 cm³/mol. The highest BCUT2D eigenvalue weighted by Crippen LogP contribution is 2.40. The normalized spacial score (nSPS) is 16.0. The van der Waals surface area contributed by atoms with E-state index < -0.39 is 17.7 Å². The maximum atomic E-state index is 13.5.